The van der Waals surface area contributed by atoms with Crippen molar-refractivity contribution in [3.63, 3.8) is 0 Å². The summed E-state index contributed by atoms with van der Waals surface area (Å²) in [5.41, 5.74) is 6.46. The number of hydrogen-bond donors (Lipinski definition) is 1. The van der Waals surface area contributed by atoms with Gasteiger partial charge < -0.3 is 10.5 Å². The van der Waals surface area contributed by atoms with Crippen molar-refractivity contribution in [2.75, 3.05) is 0 Å². The first-order valence-corrected chi connectivity index (χ1v) is 7.12. The number of rotatable bonds is 6. The van der Waals surface area contributed by atoms with E-state index in [2.05, 4.69) is 0 Å². The van der Waals surface area contributed by atoms with Gasteiger partial charge in [-0.1, -0.05) is 42.5 Å². The highest BCUT2D eigenvalue weighted by molar-refractivity contribution is 5.80. The largest absolute Gasteiger partial charge is 0.459 e. The maximum Gasteiger partial charge on any atom is 0.326 e. The van der Waals surface area contributed by atoms with E-state index in [1.165, 1.54) is 12.1 Å². The summed E-state index contributed by atoms with van der Waals surface area (Å²) in [7, 11) is 0. The first-order valence-electron chi connectivity index (χ1n) is 7.12. The van der Waals surface area contributed by atoms with Gasteiger partial charge in [0.15, 0.2) is 0 Å². The van der Waals surface area contributed by atoms with Crippen molar-refractivity contribution >= 4 is 11.7 Å². The molecule has 0 fully saturated rings. The monoisotopic (exact) mass is 314 g/mol. The number of benzene rings is 2. The number of carbonyl (C=O) groups excluding carboxylic acids is 1. The topological polar surface area (TPSA) is 95.5 Å². The summed E-state index contributed by atoms with van der Waals surface area (Å²) in [5, 5.41) is 10.6. The van der Waals surface area contributed by atoms with Crippen LogP contribution in [0.1, 0.15) is 18.1 Å². The summed E-state index contributed by atoms with van der Waals surface area (Å²) >= 11 is 0. The molecular weight excluding hydrogens is 296 g/mol. The molecule has 23 heavy (non-hydrogen) atoms. The summed E-state index contributed by atoms with van der Waals surface area (Å²) in [6.07, 6.45) is 0.235. The number of nitro groups is 1. The highest BCUT2D eigenvalue weighted by Crippen LogP contribution is 2.17. The number of carbonyl (C=O) groups is 1. The fourth-order valence-corrected chi connectivity index (χ4v) is 2.12. The molecule has 0 unspecified atom stereocenters. The van der Waals surface area contributed by atoms with Crippen molar-refractivity contribution in [1.82, 2.24) is 0 Å². The molecule has 0 saturated heterocycles. The quantitative estimate of drug-likeness (QED) is 0.502. The Bertz CT molecular complexity index is 681. The van der Waals surface area contributed by atoms with Gasteiger partial charge in [0.05, 0.1) is 4.92 Å². The zero-order valence-electron chi connectivity index (χ0n) is 12.8. The number of ether oxygens (including phenoxy) is 1. The third kappa shape index (κ3) is 4.62. The second-order valence-corrected chi connectivity index (χ2v) is 5.58. The minimum Gasteiger partial charge on any atom is -0.459 e. The van der Waals surface area contributed by atoms with Gasteiger partial charge in [0, 0.05) is 18.6 Å². The molecule has 0 aliphatic rings. The SMILES string of the molecule is C[C@@](N)(Cc1ccc([N+](=O)[O-])cc1)C(=O)OCc1ccccc1. The Hall–Kier alpha value is -2.73. The van der Waals surface area contributed by atoms with Gasteiger partial charge in [-0.15, -0.1) is 0 Å². The van der Waals surface area contributed by atoms with Crippen LogP contribution in [-0.2, 0) is 22.6 Å². The van der Waals surface area contributed by atoms with Crippen LogP contribution < -0.4 is 5.73 Å². The molecule has 2 aromatic carbocycles. The molecule has 2 rings (SSSR count). The Balaban J connectivity index is 1.97. The molecule has 1 atom stereocenters. The van der Waals surface area contributed by atoms with E-state index >= 15 is 0 Å². The van der Waals surface area contributed by atoms with Crippen LogP contribution in [-0.4, -0.2) is 16.4 Å². The smallest absolute Gasteiger partial charge is 0.326 e. The van der Waals surface area contributed by atoms with Crippen LogP contribution in [0.25, 0.3) is 0 Å². The first kappa shape index (κ1) is 16.6. The highest BCUT2D eigenvalue weighted by atomic mass is 16.6. The maximum atomic E-state index is 12.2. The van der Waals surface area contributed by atoms with Gasteiger partial charge in [-0.05, 0) is 18.1 Å². The van der Waals surface area contributed by atoms with Gasteiger partial charge in [-0.2, -0.15) is 0 Å². The van der Waals surface area contributed by atoms with Crippen molar-refractivity contribution in [3.05, 3.63) is 75.8 Å². The van der Waals surface area contributed by atoms with E-state index in [4.69, 9.17) is 10.5 Å². The lowest BCUT2D eigenvalue weighted by molar-refractivity contribution is -0.384. The van der Waals surface area contributed by atoms with Crippen LogP contribution in [0.2, 0.25) is 0 Å². The summed E-state index contributed by atoms with van der Waals surface area (Å²) < 4.78 is 5.25. The third-order valence-corrected chi connectivity index (χ3v) is 3.40. The predicted octanol–water partition coefficient (Wildman–Crippen LogP) is 2.60. The molecule has 0 amide bonds. The lowest BCUT2D eigenvalue weighted by atomic mass is 9.94. The van der Waals surface area contributed by atoms with Gasteiger partial charge in [-0.25, -0.2) is 0 Å². The van der Waals surface area contributed by atoms with E-state index in [1.54, 1.807) is 19.1 Å². The molecule has 2 N–H and O–H groups in total. The van der Waals surface area contributed by atoms with Gasteiger partial charge in [0.2, 0.25) is 0 Å². The summed E-state index contributed by atoms with van der Waals surface area (Å²) in [5.74, 6) is -0.514. The second kappa shape index (κ2) is 7.02. The minimum absolute atomic E-state index is 0.000807. The van der Waals surface area contributed by atoms with Crippen LogP contribution in [0.4, 0.5) is 5.69 Å². The van der Waals surface area contributed by atoms with E-state index in [0.717, 1.165) is 11.1 Å². The molecule has 0 aliphatic carbocycles. The molecule has 6 nitrogen and oxygen atoms in total. The average Bonchev–Trinajstić information content (AvgIpc) is 2.53. The number of esters is 1. The molecule has 0 radical (unpaired) electrons. The van der Waals surface area contributed by atoms with E-state index < -0.39 is 16.4 Å². The highest BCUT2D eigenvalue weighted by Gasteiger charge is 2.30. The van der Waals surface area contributed by atoms with Crippen LogP contribution >= 0.6 is 0 Å². The first-order chi connectivity index (χ1) is 10.9. The third-order valence-electron chi connectivity index (χ3n) is 3.40. The second-order valence-electron chi connectivity index (χ2n) is 5.58. The number of hydrogen-bond acceptors (Lipinski definition) is 5. The van der Waals surface area contributed by atoms with Gasteiger partial charge in [-0.3, -0.25) is 14.9 Å². The van der Waals surface area contributed by atoms with Crippen molar-refractivity contribution in [2.24, 2.45) is 5.73 Å². The van der Waals surface area contributed by atoms with Crippen molar-refractivity contribution < 1.29 is 14.5 Å². The van der Waals surface area contributed by atoms with E-state index in [1.807, 2.05) is 30.3 Å². The summed E-state index contributed by atoms with van der Waals surface area (Å²) in [6, 6.07) is 15.3. The van der Waals surface area contributed by atoms with E-state index in [9.17, 15) is 14.9 Å². The van der Waals surface area contributed by atoms with Gasteiger partial charge in [0.25, 0.3) is 5.69 Å². The number of non-ortho nitro benzene ring substituents is 1. The van der Waals surface area contributed by atoms with Crippen molar-refractivity contribution in [2.45, 2.75) is 25.5 Å². The van der Waals surface area contributed by atoms with E-state index in [-0.39, 0.29) is 18.7 Å². The molecular formula is C17H18N2O4. The normalized spacial score (nSPS) is 13.1. The lowest BCUT2D eigenvalue weighted by Gasteiger charge is -2.22. The maximum absolute atomic E-state index is 12.2. The Morgan fingerprint density at radius 3 is 2.30 bits per heavy atom. The molecule has 6 heteroatoms. The molecule has 0 spiro atoms. The molecule has 0 bridgehead atoms. The van der Waals surface area contributed by atoms with E-state index in [0.29, 0.717) is 0 Å². The molecule has 0 aliphatic heterocycles. The Kier molecular flexibility index (Phi) is 5.08. The van der Waals surface area contributed by atoms with Crippen LogP contribution in [0.15, 0.2) is 54.6 Å². The average molecular weight is 314 g/mol. The van der Waals surface area contributed by atoms with Crippen molar-refractivity contribution in [3.8, 4) is 0 Å². The van der Waals surface area contributed by atoms with Crippen molar-refractivity contribution in [1.29, 1.82) is 0 Å². The number of nitrogens with two attached hydrogens (primary N) is 1. The van der Waals surface area contributed by atoms with Gasteiger partial charge >= 0.3 is 5.97 Å². The van der Waals surface area contributed by atoms with Crippen LogP contribution in [0, 0.1) is 10.1 Å². The van der Waals surface area contributed by atoms with Crippen LogP contribution in [0.3, 0.4) is 0 Å². The predicted molar refractivity (Wildman–Crippen MR) is 85.6 cm³/mol. The summed E-state index contributed by atoms with van der Waals surface area (Å²) in [4.78, 5) is 22.3. The molecule has 0 aromatic heterocycles. The number of nitrogens with zero attached hydrogens (tertiary/aromatic N) is 1. The minimum atomic E-state index is -1.20. The molecule has 120 valence electrons. The Morgan fingerprint density at radius 2 is 1.74 bits per heavy atom. The fraction of sp³-hybridized carbons (Fsp3) is 0.235. The zero-order valence-corrected chi connectivity index (χ0v) is 12.8. The zero-order chi connectivity index (χ0) is 16.9. The lowest BCUT2D eigenvalue weighted by Crippen LogP contribution is -2.48. The summed E-state index contributed by atoms with van der Waals surface area (Å²) in [6.45, 7) is 1.74. The molecule has 0 saturated carbocycles. The number of nitro benzene ring substituents is 1. The Morgan fingerprint density at radius 1 is 1.13 bits per heavy atom. The Labute approximate surface area is 134 Å². The van der Waals surface area contributed by atoms with Gasteiger partial charge in [0.1, 0.15) is 12.1 Å². The fourth-order valence-electron chi connectivity index (χ4n) is 2.12. The standard InChI is InChI=1S/C17H18N2O4/c1-17(18,11-13-7-9-15(10-8-13)19(21)22)16(20)23-12-14-5-3-2-4-6-14/h2-10H,11-12,18H2,1H3/t17-/m1/s1. The van der Waals surface area contributed by atoms with Crippen LogP contribution in [0.5, 0.6) is 0 Å². The molecule has 2 aromatic rings. The molecule has 0 heterocycles.